The van der Waals surface area contributed by atoms with Crippen LogP contribution in [0.4, 0.5) is 18.9 Å². The predicted molar refractivity (Wildman–Crippen MR) is 90.2 cm³/mol. The van der Waals surface area contributed by atoms with Gasteiger partial charge in [-0.25, -0.2) is 0 Å². The van der Waals surface area contributed by atoms with Crippen LogP contribution in [0.1, 0.15) is 17.3 Å². The van der Waals surface area contributed by atoms with Crippen molar-refractivity contribution in [1.29, 1.82) is 0 Å². The van der Waals surface area contributed by atoms with Gasteiger partial charge in [0.2, 0.25) is 5.91 Å². The molecule has 10 heteroatoms. The van der Waals surface area contributed by atoms with Gasteiger partial charge in [0.15, 0.2) is 0 Å². The quantitative estimate of drug-likeness (QED) is 0.688. The van der Waals surface area contributed by atoms with Crippen LogP contribution in [0.25, 0.3) is 0 Å². The van der Waals surface area contributed by atoms with Crippen LogP contribution in [0.5, 0.6) is 0 Å². The van der Waals surface area contributed by atoms with Gasteiger partial charge in [0.25, 0.3) is 5.91 Å². The van der Waals surface area contributed by atoms with Gasteiger partial charge in [0.05, 0.1) is 18.4 Å². The number of carboxylic acid groups (broad SMARTS) is 1. The van der Waals surface area contributed by atoms with Crippen molar-refractivity contribution in [2.24, 2.45) is 11.8 Å². The maximum atomic E-state index is 13.0. The molecule has 27 heavy (non-hydrogen) atoms. The van der Waals surface area contributed by atoms with Gasteiger partial charge in [-0.3, -0.25) is 19.3 Å². The smallest absolute Gasteiger partial charge is 0.393 e. The van der Waals surface area contributed by atoms with Crippen LogP contribution in [0.15, 0.2) is 24.3 Å². The van der Waals surface area contributed by atoms with Gasteiger partial charge in [-0.1, -0.05) is 6.07 Å². The van der Waals surface area contributed by atoms with Crippen molar-refractivity contribution in [2.45, 2.75) is 13.1 Å². The highest BCUT2D eigenvalue weighted by Gasteiger charge is 2.52. The molecule has 2 atom stereocenters. The Morgan fingerprint density at radius 3 is 2.52 bits per heavy atom. The van der Waals surface area contributed by atoms with Crippen LogP contribution in [0.3, 0.4) is 0 Å². The Morgan fingerprint density at radius 2 is 1.96 bits per heavy atom. The highest BCUT2D eigenvalue weighted by Crippen LogP contribution is 2.37. The Hall–Kier alpha value is -2.62. The topological polar surface area (TPSA) is 98.7 Å². The molecule has 0 saturated carbocycles. The Kier molecular flexibility index (Phi) is 6.42. The number of nitrogens with one attached hydrogen (secondary N) is 2. The Labute approximate surface area is 153 Å². The fourth-order valence-corrected chi connectivity index (χ4v) is 3.00. The van der Waals surface area contributed by atoms with Crippen LogP contribution in [0, 0.1) is 11.8 Å². The molecule has 3 N–H and O–H groups in total. The zero-order valence-electron chi connectivity index (χ0n) is 14.5. The molecule has 1 fully saturated rings. The number of hydrogen-bond acceptors (Lipinski definition) is 4. The maximum absolute atomic E-state index is 13.0. The summed E-state index contributed by atoms with van der Waals surface area (Å²) in [5.74, 6) is -6.04. The average Bonchev–Trinajstić information content (AvgIpc) is 2.99. The molecule has 0 spiro atoms. The Morgan fingerprint density at radius 1 is 1.26 bits per heavy atom. The van der Waals surface area contributed by atoms with Crippen molar-refractivity contribution in [1.82, 2.24) is 10.2 Å². The van der Waals surface area contributed by atoms with Crippen molar-refractivity contribution in [3.05, 3.63) is 29.8 Å². The summed E-state index contributed by atoms with van der Waals surface area (Å²) in [7, 11) is 0. The minimum Gasteiger partial charge on any atom is -0.481 e. The average molecular weight is 387 g/mol. The number of likely N-dealkylation sites (tertiary alicyclic amines) is 1. The molecule has 1 aromatic carbocycles. The highest BCUT2D eigenvalue weighted by molar-refractivity contribution is 5.97. The Balaban J connectivity index is 1.99. The SMILES string of the molecule is CCNC(=O)c1cccc(NC(=O)CN2C[C@@H](C(F)(F)F)[C@H](C(=O)O)C2)c1. The molecular weight excluding hydrogens is 367 g/mol. The van der Waals surface area contributed by atoms with E-state index in [1.54, 1.807) is 25.1 Å². The van der Waals surface area contributed by atoms with Crippen molar-refractivity contribution in [3.8, 4) is 0 Å². The van der Waals surface area contributed by atoms with Gasteiger partial charge in [-0.2, -0.15) is 13.2 Å². The first-order chi connectivity index (χ1) is 12.6. The van der Waals surface area contributed by atoms with Gasteiger partial charge >= 0.3 is 12.1 Å². The highest BCUT2D eigenvalue weighted by atomic mass is 19.4. The van der Waals surface area contributed by atoms with Crippen LogP contribution < -0.4 is 10.6 Å². The van der Waals surface area contributed by atoms with E-state index in [2.05, 4.69) is 10.6 Å². The summed E-state index contributed by atoms with van der Waals surface area (Å²) in [5, 5.41) is 14.1. The summed E-state index contributed by atoms with van der Waals surface area (Å²) in [6.45, 7) is 0.925. The molecule has 2 amide bonds. The number of halogens is 3. The molecule has 7 nitrogen and oxygen atoms in total. The molecular formula is C17H20F3N3O4. The summed E-state index contributed by atoms with van der Waals surface area (Å²) >= 11 is 0. The first kappa shape index (κ1) is 20.7. The summed E-state index contributed by atoms with van der Waals surface area (Å²) in [6, 6.07) is 6.12. The monoisotopic (exact) mass is 387 g/mol. The standard InChI is InChI=1S/C17H20F3N3O4/c1-2-21-15(25)10-4-3-5-11(6-10)22-14(24)9-23-7-12(16(26)27)13(8-23)17(18,19)20/h3-6,12-13H,2,7-9H2,1H3,(H,21,25)(H,22,24)(H,26,27)/t12-,13-/m1/s1. The first-order valence-electron chi connectivity index (χ1n) is 8.31. The molecule has 0 radical (unpaired) electrons. The number of benzene rings is 1. The molecule has 1 saturated heterocycles. The van der Waals surface area contributed by atoms with E-state index in [0.29, 0.717) is 17.8 Å². The minimum atomic E-state index is -4.64. The van der Waals surface area contributed by atoms with Gasteiger partial charge in [0, 0.05) is 30.9 Å². The van der Waals surface area contributed by atoms with E-state index in [4.69, 9.17) is 5.11 Å². The third kappa shape index (κ3) is 5.43. The minimum absolute atomic E-state index is 0.314. The molecule has 1 aliphatic rings. The maximum Gasteiger partial charge on any atom is 0.393 e. The van der Waals surface area contributed by atoms with Gasteiger partial charge in [-0.05, 0) is 25.1 Å². The lowest BCUT2D eigenvalue weighted by atomic mass is 9.96. The third-order valence-corrected chi connectivity index (χ3v) is 4.25. The molecule has 0 aromatic heterocycles. The lowest BCUT2D eigenvalue weighted by Crippen LogP contribution is -2.34. The molecule has 2 rings (SSSR count). The molecule has 1 heterocycles. The fourth-order valence-electron chi connectivity index (χ4n) is 3.00. The van der Waals surface area contributed by atoms with E-state index in [0.717, 1.165) is 0 Å². The summed E-state index contributed by atoms with van der Waals surface area (Å²) < 4.78 is 38.9. The molecule has 0 unspecified atom stereocenters. The second-order valence-corrected chi connectivity index (χ2v) is 6.28. The fraction of sp³-hybridized carbons (Fsp3) is 0.471. The van der Waals surface area contributed by atoms with Crippen LogP contribution in [-0.2, 0) is 9.59 Å². The summed E-state index contributed by atoms with van der Waals surface area (Å²) in [5.41, 5.74) is 0.656. The number of nitrogens with zero attached hydrogens (tertiary/aromatic N) is 1. The molecule has 0 aliphatic carbocycles. The molecule has 0 bridgehead atoms. The zero-order valence-corrected chi connectivity index (χ0v) is 14.5. The van der Waals surface area contributed by atoms with Gasteiger partial charge in [-0.15, -0.1) is 0 Å². The van der Waals surface area contributed by atoms with Crippen LogP contribution in [-0.4, -0.2) is 60.1 Å². The third-order valence-electron chi connectivity index (χ3n) is 4.25. The van der Waals surface area contributed by atoms with E-state index in [1.165, 1.54) is 11.0 Å². The predicted octanol–water partition coefficient (Wildman–Crippen LogP) is 1.57. The second kappa shape index (κ2) is 8.38. The number of carboxylic acids is 1. The van der Waals surface area contributed by atoms with E-state index in [-0.39, 0.29) is 19.0 Å². The number of anilines is 1. The first-order valence-corrected chi connectivity index (χ1v) is 8.31. The van der Waals surface area contributed by atoms with Gasteiger partial charge in [0.1, 0.15) is 0 Å². The Bertz CT molecular complexity index is 724. The number of rotatable bonds is 6. The van der Waals surface area contributed by atoms with E-state index in [9.17, 15) is 27.6 Å². The van der Waals surface area contributed by atoms with E-state index in [1.807, 2.05) is 0 Å². The molecule has 1 aliphatic heterocycles. The van der Waals surface area contributed by atoms with Crippen molar-refractivity contribution >= 4 is 23.5 Å². The van der Waals surface area contributed by atoms with Gasteiger partial charge < -0.3 is 15.7 Å². The normalized spacial score (nSPS) is 20.3. The second-order valence-electron chi connectivity index (χ2n) is 6.28. The van der Waals surface area contributed by atoms with Crippen LogP contribution in [0.2, 0.25) is 0 Å². The number of alkyl halides is 3. The number of amides is 2. The lowest BCUT2D eigenvalue weighted by molar-refractivity contribution is -0.188. The molecule has 1 aromatic rings. The van der Waals surface area contributed by atoms with E-state index >= 15 is 0 Å². The number of carbonyl (C=O) groups excluding carboxylic acids is 2. The van der Waals surface area contributed by atoms with Crippen molar-refractivity contribution in [2.75, 3.05) is 31.5 Å². The summed E-state index contributed by atoms with van der Waals surface area (Å²) in [4.78, 5) is 36.2. The largest absolute Gasteiger partial charge is 0.481 e. The number of aliphatic carboxylic acids is 1. The summed E-state index contributed by atoms with van der Waals surface area (Å²) in [6.07, 6.45) is -4.64. The lowest BCUT2D eigenvalue weighted by Gasteiger charge is -2.18. The number of carbonyl (C=O) groups is 3. The number of hydrogen-bond donors (Lipinski definition) is 3. The van der Waals surface area contributed by atoms with E-state index < -0.39 is 36.4 Å². The molecule has 148 valence electrons. The van der Waals surface area contributed by atoms with Crippen molar-refractivity contribution < 1.29 is 32.7 Å². The zero-order chi connectivity index (χ0) is 20.2. The van der Waals surface area contributed by atoms with Crippen molar-refractivity contribution in [3.63, 3.8) is 0 Å². The van der Waals surface area contributed by atoms with Crippen LogP contribution >= 0.6 is 0 Å².